The van der Waals surface area contributed by atoms with Crippen LogP contribution in [-0.2, 0) is 0 Å². The molecule has 1 rings (SSSR count). The van der Waals surface area contributed by atoms with Gasteiger partial charge in [0, 0.05) is 23.7 Å². The summed E-state index contributed by atoms with van der Waals surface area (Å²) in [5, 5.41) is 4.56. The first-order valence-corrected chi connectivity index (χ1v) is 6.20. The van der Waals surface area contributed by atoms with Gasteiger partial charge < -0.3 is 10.1 Å². The van der Waals surface area contributed by atoms with Crippen LogP contribution < -0.4 is 10.1 Å². The predicted molar refractivity (Wildman–Crippen MR) is 69.7 cm³/mol. The van der Waals surface area contributed by atoms with Gasteiger partial charge in [0.2, 0.25) is 0 Å². The third-order valence-electron chi connectivity index (χ3n) is 2.36. The van der Waals surface area contributed by atoms with Crippen molar-refractivity contribution in [1.82, 2.24) is 5.32 Å². The highest BCUT2D eigenvalue weighted by Gasteiger charge is 2.02. The molecule has 0 aliphatic heterocycles. The second-order valence-corrected chi connectivity index (χ2v) is 4.53. The molecule has 0 spiro atoms. The molecule has 90 valence electrons. The van der Waals surface area contributed by atoms with E-state index in [2.05, 4.69) is 19.2 Å². The molecule has 0 saturated carbocycles. The van der Waals surface area contributed by atoms with Gasteiger partial charge >= 0.3 is 0 Å². The Kier molecular flexibility index (Phi) is 5.96. The zero-order chi connectivity index (χ0) is 12.0. The van der Waals surface area contributed by atoms with Gasteiger partial charge in [-0.05, 0) is 25.5 Å². The number of ether oxygens (including phenoxy) is 1. The number of hydrogen-bond donors (Lipinski definition) is 1. The smallest absolute Gasteiger partial charge is 0.139 e. The van der Waals surface area contributed by atoms with Crippen LogP contribution >= 0.6 is 23.2 Å². The Bertz CT molecular complexity index is 331. The first kappa shape index (κ1) is 13.6. The topological polar surface area (TPSA) is 21.3 Å². The van der Waals surface area contributed by atoms with Crippen LogP contribution in [0.3, 0.4) is 0 Å². The van der Waals surface area contributed by atoms with Crippen molar-refractivity contribution in [2.24, 2.45) is 0 Å². The maximum Gasteiger partial charge on any atom is 0.139 e. The molecule has 0 aliphatic rings. The van der Waals surface area contributed by atoms with Gasteiger partial charge in [-0.1, -0.05) is 30.1 Å². The number of nitrogens with one attached hydrogen (secondary N) is 1. The molecule has 0 unspecified atom stereocenters. The molecule has 1 N–H and O–H groups in total. The zero-order valence-corrected chi connectivity index (χ0v) is 11.1. The number of rotatable bonds is 6. The molecule has 0 aromatic heterocycles. The van der Waals surface area contributed by atoms with Crippen molar-refractivity contribution < 1.29 is 4.74 Å². The Morgan fingerprint density at radius 1 is 1.38 bits per heavy atom. The molecule has 0 heterocycles. The maximum absolute atomic E-state index is 5.96. The minimum Gasteiger partial charge on any atom is -0.491 e. The predicted octanol–water partition coefficient (Wildman–Crippen LogP) is 3.76. The fourth-order valence-corrected chi connectivity index (χ4v) is 1.53. The lowest BCUT2D eigenvalue weighted by Crippen LogP contribution is -2.29. The summed E-state index contributed by atoms with van der Waals surface area (Å²) in [5.41, 5.74) is 0. The van der Waals surface area contributed by atoms with Gasteiger partial charge in [0.25, 0.3) is 0 Å². The van der Waals surface area contributed by atoms with E-state index < -0.39 is 0 Å². The van der Waals surface area contributed by atoms with Crippen LogP contribution in [-0.4, -0.2) is 19.2 Å². The van der Waals surface area contributed by atoms with Gasteiger partial charge in [0.05, 0.1) is 5.02 Å². The van der Waals surface area contributed by atoms with Crippen molar-refractivity contribution in [3.05, 3.63) is 28.2 Å². The van der Waals surface area contributed by atoms with Crippen LogP contribution in [0.4, 0.5) is 0 Å². The minimum atomic E-state index is 0.512. The summed E-state index contributed by atoms with van der Waals surface area (Å²) < 4.78 is 5.53. The Morgan fingerprint density at radius 2 is 2.12 bits per heavy atom. The quantitative estimate of drug-likeness (QED) is 0.788. The fourth-order valence-electron chi connectivity index (χ4n) is 1.20. The second-order valence-electron chi connectivity index (χ2n) is 3.69. The first-order chi connectivity index (χ1) is 7.63. The molecule has 1 aromatic carbocycles. The van der Waals surface area contributed by atoms with Crippen LogP contribution in [0.25, 0.3) is 0 Å². The van der Waals surface area contributed by atoms with Crippen LogP contribution in [0.5, 0.6) is 5.75 Å². The lowest BCUT2D eigenvalue weighted by atomic mass is 10.3. The normalized spacial score (nSPS) is 12.5. The maximum atomic E-state index is 5.96. The molecule has 0 saturated heterocycles. The van der Waals surface area contributed by atoms with E-state index in [1.807, 2.05) is 0 Å². The summed E-state index contributed by atoms with van der Waals surface area (Å²) in [6.07, 6.45) is 1.11. The van der Waals surface area contributed by atoms with Crippen LogP contribution in [0, 0.1) is 0 Å². The summed E-state index contributed by atoms with van der Waals surface area (Å²) in [6, 6.07) is 5.72. The third-order valence-corrected chi connectivity index (χ3v) is 2.91. The van der Waals surface area contributed by atoms with Gasteiger partial charge in [-0.15, -0.1) is 0 Å². The summed E-state index contributed by atoms with van der Waals surface area (Å²) in [4.78, 5) is 0. The molecule has 1 aromatic rings. The van der Waals surface area contributed by atoms with E-state index in [1.165, 1.54) is 0 Å². The molecular formula is C12H17Cl2NO. The molecule has 4 heteroatoms. The van der Waals surface area contributed by atoms with Crippen molar-refractivity contribution >= 4 is 23.2 Å². The van der Waals surface area contributed by atoms with Crippen molar-refractivity contribution in [3.8, 4) is 5.75 Å². The van der Waals surface area contributed by atoms with E-state index in [-0.39, 0.29) is 0 Å². The van der Waals surface area contributed by atoms with Gasteiger partial charge in [-0.2, -0.15) is 0 Å². The highest BCUT2D eigenvalue weighted by atomic mass is 35.5. The number of hydrogen-bond acceptors (Lipinski definition) is 2. The SMILES string of the molecule is CC[C@H](C)NCCOc1cc(Cl)ccc1Cl. The average Bonchev–Trinajstić information content (AvgIpc) is 2.28. The number of halogens is 2. The van der Waals surface area contributed by atoms with Crippen molar-refractivity contribution in [3.63, 3.8) is 0 Å². The molecular weight excluding hydrogens is 245 g/mol. The van der Waals surface area contributed by atoms with Crippen molar-refractivity contribution in [1.29, 1.82) is 0 Å². The molecule has 16 heavy (non-hydrogen) atoms. The molecule has 0 fully saturated rings. The van der Waals surface area contributed by atoms with Crippen LogP contribution in [0.2, 0.25) is 10.0 Å². The largest absolute Gasteiger partial charge is 0.491 e. The van der Waals surface area contributed by atoms with Gasteiger partial charge in [-0.3, -0.25) is 0 Å². The monoisotopic (exact) mass is 261 g/mol. The van der Waals surface area contributed by atoms with Crippen LogP contribution in [0.1, 0.15) is 20.3 Å². The summed E-state index contributed by atoms with van der Waals surface area (Å²) in [6.45, 7) is 5.68. The Labute approximate surface area is 107 Å². The van der Waals surface area contributed by atoms with E-state index in [4.69, 9.17) is 27.9 Å². The minimum absolute atomic E-state index is 0.512. The molecule has 0 amide bonds. The van der Waals surface area contributed by atoms with E-state index in [0.29, 0.717) is 28.4 Å². The van der Waals surface area contributed by atoms with E-state index >= 15 is 0 Å². The van der Waals surface area contributed by atoms with E-state index in [1.54, 1.807) is 18.2 Å². The van der Waals surface area contributed by atoms with Crippen molar-refractivity contribution in [2.75, 3.05) is 13.2 Å². The van der Waals surface area contributed by atoms with Gasteiger partial charge in [-0.25, -0.2) is 0 Å². The van der Waals surface area contributed by atoms with Gasteiger partial charge in [0.15, 0.2) is 0 Å². The Morgan fingerprint density at radius 3 is 2.81 bits per heavy atom. The second kappa shape index (κ2) is 7.00. The molecule has 0 aliphatic carbocycles. The Balaban J connectivity index is 2.34. The third kappa shape index (κ3) is 4.60. The molecule has 0 radical (unpaired) electrons. The summed E-state index contributed by atoms with van der Waals surface area (Å²) >= 11 is 11.8. The lowest BCUT2D eigenvalue weighted by Gasteiger charge is -2.12. The first-order valence-electron chi connectivity index (χ1n) is 5.44. The highest BCUT2D eigenvalue weighted by Crippen LogP contribution is 2.27. The standard InChI is InChI=1S/C12H17Cl2NO/c1-3-9(2)15-6-7-16-12-8-10(13)4-5-11(12)14/h4-5,8-9,15H,3,6-7H2,1-2H3/t9-/m0/s1. The van der Waals surface area contributed by atoms with Crippen molar-refractivity contribution in [2.45, 2.75) is 26.3 Å². The Hall–Kier alpha value is -0.440. The molecule has 0 bridgehead atoms. The summed E-state index contributed by atoms with van der Waals surface area (Å²) in [5.74, 6) is 0.639. The zero-order valence-electron chi connectivity index (χ0n) is 9.59. The number of benzene rings is 1. The van der Waals surface area contributed by atoms with Gasteiger partial charge in [0.1, 0.15) is 12.4 Å². The molecule has 1 atom stereocenters. The molecule has 2 nitrogen and oxygen atoms in total. The van der Waals surface area contributed by atoms with E-state index in [0.717, 1.165) is 13.0 Å². The van der Waals surface area contributed by atoms with E-state index in [9.17, 15) is 0 Å². The average molecular weight is 262 g/mol. The summed E-state index contributed by atoms with van der Waals surface area (Å²) in [7, 11) is 0. The van der Waals surface area contributed by atoms with Crippen LogP contribution in [0.15, 0.2) is 18.2 Å². The fraction of sp³-hybridized carbons (Fsp3) is 0.500. The lowest BCUT2D eigenvalue weighted by molar-refractivity contribution is 0.306. The highest BCUT2D eigenvalue weighted by molar-refractivity contribution is 6.34.